The first-order valence-corrected chi connectivity index (χ1v) is 12.1. The standard InChI is InChI=1S/C21H24BrN3OS2.ClH/c1-4-24(5-2)11-12-25(20(26)15-7-6-8-17(13-15)27-3)21-23-18-10-9-16(22)14-19(18)28-21;/h6-10,13-14H,4-5,11-12H2,1-3H3;1H. The van der Waals surface area contributed by atoms with Crippen LogP contribution >= 0.6 is 51.4 Å². The predicted octanol–water partition coefficient (Wildman–Crippen LogP) is 6.19. The van der Waals surface area contributed by atoms with Gasteiger partial charge in [-0.15, -0.1) is 24.2 Å². The van der Waals surface area contributed by atoms with Gasteiger partial charge < -0.3 is 4.90 Å². The molecule has 0 N–H and O–H groups in total. The number of carbonyl (C=O) groups excluding carboxylic acids is 1. The number of nitrogens with zero attached hydrogens (tertiary/aromatic N) is 3. The number of rotatable bonds is 8. The first-order valence-electron chi connectivity index (χ1n) is 9.30. The molecule has 2 aromatic carbocycles. The van der Waals surface area contributed by atoms with E-state index < -0.39 is 0 Å². The van der Waals surface area contributed by atoms with Crippen molar-refractivity contribution in [3.05, 3.63) is 52.5 Å². The summed E-state index contributed by atoms with van der Waals surface area (Å²) >= 11 is 6.72. The smallest absolute Gasteiger partial charge is 0.260 e. The molecule has 0 radical (unpaired) electrons. The van der Waals surface area contributed by atoms with E-state index in [0.717, 1.165) is 44.4 Å². The zero-order valence-corrected chi connectivity index (χ0v) is 20.8. The molecule has 0 bridgehead atoms. The number of hydrogen-bond acceptors (Lipinski definition) is 5. The van der Waals surface area contributed by atoms with Crippen LogP contribution in [0.4, 0.5) is 5.13 Å². The third-order valence-corrected chi connectivity index (χ3v) is 6.93. The molecule has 0 saturated heterocycles. The van der Waals surface area contributed by atoms with E-state index in [9.17, 15) is 4.79 Å². The van der Waals surface area contributed by atoms with Crippen LogP contribution in [0.1, 0.15) is 24.2 Å². The Morgan fingerprint density at radius 3 is 2.59 bits per heavy atom. The highest BCUT2D eigenvalue weighted by molar-refractivity contribution is 9.10. The summed E-state index contributed by atoms with van der Waals surface area (Å²) in [6.07, 6.45) is 2.02. The molecule has 0 aliphatic rings. The Morgan fingerprint density at radius 2 is 1.90 bits per heavy atom. The van der Waals surface area contributed by atoms with Crippen LogP contribution < -0.4 is 4.90 Å². The van der Waals surface area contributed by atoms with Gasteiger partial charge in [0, 0.05) is 28.0 Å². The maximum absolute atomic E-state index is 13.4. The Balaban J connectivity index is 0.00000300. The number of thiazole rings is 1. The molecule has 4 nitrogen and oxygen atoms in total. The van der Waals surface area contributed by atoms with Crippen molar-refractivity contribution in [2.75, 3.05) is 37.3 Å². The van der Waals surface area contributed by atoms with Gasteiger partial charge in [0.2, 0.25) is 0 Å². The fourth-order valence-electron chi connectivity index (χ4n) is 2.98. The summed E-state index contributed by atoms with van der Waals surface area (Å²) in [6, 6.07) is 13.8. The van der Waals surface area contributed by atoms with Crippen LogP contribution in [0.3, 0.4) is 0 Å². The molecular formula is C21H25BrClN3OS2. The van der Waals surface area contributed by atoms with Crippen molar-refractivity contribution in [1.82, 2.24) is 9.88 Å². The number of anilines is 1. The summed E-state index contributed by atoms with van der Waals surface area (Å²) in [5.74, 6) is 0.00109. The van der Waals surface area contributed by atoms with E-state index in [4.69, 9.17) is 4.98 Å². The van der Waals surface area contributed by atoms with Gasteiger partial charge in [-0.2, -0.15) is 0 Å². The van der Waals surface area contributed by atoms with Crippen LogP contribution in [0.25, 0.3) is 10.2 Å². The summed E-state index contributed by atoms with van der Waals surface area (Å²) in [5.41, 5.74) is 1.62. The number of fused-ring (bicyclic) bond motifs is 1. The third-order valence-electron chi connectivity index (χ3n) is 4.67. The SMILES string of the molecule is CCN(CC)CCN(C(=O)c1cccc(SC)c1)c1nc2ccc(Br)cc2s1.Cl. The molecule has 0 atom stereocenters. The normalized spacial score (nSPS) is 10.9. The van der Waals surface area contributed by atoms with Crippen molar-refractivity contribution in [3.8, 4) is 0 Å². The van der Waals surface area contributed by atoms with Crippen molar-refractivity contribution < 1.29 is 4.79 Å². The lowest BCUT2D eigenvalue weighted by molar-refractivity contribution is 0.0983. The van der Waals surface area contributed by atoms with Crippen LogP contribution in [0.2, 0.25) is 0 Å². The number of benzene rings is 2. The Bertz CT molecular complexity index is 962. The summed E-state index contributed by atoms with van der Waals surface area (Å²) in [6.45, 7) is 7.66. The molecule has 0 unspecified atom stereocenters. The highest BCUT2D eigenvalue weighted by Gasteiger charge is 2.22. The molecule has 1 amide bonds. The van der Waals surface area contributed by atoms with Gasteiger partial charge in [-0.05, 0) is 55.7 Å². The van der Waals surface area contributed by atoms with E-state index in [1.165, 1.54) is 0 Å². The molecule has 8 heteroatoms. The molecule has 0 aliphatic heterocycles. The Kier molecular flexibility index (Phi) is 9.43. The molecule has 1 aromatic heterocycles. The van der Waals surface area contributed by atoms with E-state index in [1.807, 2.05) is 47.6 Å². The highest BCUT2D eigenvalue weighted by atomic mass is 79.9. The second kappa shape index (κ2) is 11.3. The molecule has 29 heavy (non-hydrogen) atoms. The van der Waals surface area contributed by atoms with Crippen molar-refractivity contribution >= 4 is 72.7 Å². The lowest BCUT2D eigenvalue weighted by Crippen LogP contribution is -2.38. The van der Waals surface area contributed by atoms with E-state index in [1.54, 1.807) is 23.1 Å². The minimum absolute atomic E-state index is 0. The summed E-state index contributed by atoms with van der Waals surface area (Å²) < 4.78 is 2.09. The van der Waals surface area contributed by atoms with Crippen molar-refractivity contribution in [3.63, 3.8) is 0 Å². The molecule has 0 fully saturated rings. The van der Waals surface area contributed by atoms with E-state index >= 15 is 0 Å². The van der Waals surface area contributed by atoms with Gasteiger partial charge in [0.15, 0.2) is 5.13 Å². The summed E-state index contributed by atoms with van der Waals surface area (Å²) in [7, 11) is 0. The first kappa shape index (κ1) is 24.2. The Hall–Kier alpha value is -1.12. The molecule has 0 saturated carbocycles. The van der Waals surface area contributed by atoms with E-state index in [-0.39, 0.29) is 18.3 Å². The second-order valence-electron chi connectivity index (χ2n) is 6.32. The quantitative estimate of drug-likeness (QED) is 0.336. The number of thioether (sulfide) groups is 1. The largest absolute Gasteiger partial charge is 0.302 e. The van der Waals surface area contributed by atoms with Gasteiger partial charge in [0.1, 0.15) is 0 Å². The maximum atomic E-state index is 13.4. The van der Waals surface area contributed by atoms with Crippen molar-refractivity contribution in [2.24, 2.45) is 0 Å². The predicted molar refractivity (Wildman–Crippen MR) is 132 cm³/mol. The number of halogens is 2. The molecule has 0 aliphatic carbocycles. The third kappa shape index (κ3) is 5.95. The Labute approximate surface area is 195 Å². The zero-order valence-electron chi connectivity index (χ0n) is 16.7. The topological polar surface area (TPSA) is 36.4 Å². The number of aromatic nitrogens is 1. The zero-order chi connectivity index (χ0) is 20.1. The van der Waals surface area contributed by atoms with Crippen LogP contribution in [0.15, 0.2) is 51.8 Å². The average molecular weight is 515 g/mol. The first-order chi connectivity index (χ1) is 13.5. The van der Waals surface area contributed by atoms with Gasteiger partial charge in [0.25, 0.3) is 5.91 Å². The number of amides is 1. The second-order valence-corrected chi connectivity index (χ2v) is 9.13. The number of likely N-dealkylation sites (N-methyl/N-ethyl adjacent to an activating group) is 1. The van der Waals surface area contributed by atoms with E-state index in [0.29, 0.717) is 12.1 Å². The van der Waals surface area contributed by atoms with Crippen molar-refractivity contribution in [2.45, 2.75) is 18.7 Å². The number of carbonyl (C=O) groups is 1. The fourth-order valence-corrected chi connectivity index (χ4v) is 4.98. The monoisotopic (exact) mass is 513 g/mol. The van der Waals surface area contributed by atoms with Crippen LogP contribution in [0, 0.1) is 0 Å². The molecule has 3 rings (SSSR count). The summed E-state index contributed by atoms with van der Waals surface area (Å²) in [5, 5.41) is 0.750. The highest BCUT2D eigenvalue weighted by Crippen LogP contribution is 2.32. The summed E-state index contributed by atoms with van der Waals surface area (Å²) in [4.78, 5) is 23.4. The van der Waals surface area contributed by atoms with Crippen LogP contribution in [0.5, 0.6) is 0 Å². The number of hydrogen-bond donors (Lipinski definition) is 0. The van der Waals surface area contributed by atoms with E-state index in [2.05, 4.69) is 40.7 Å². The molecule has 156 valence electrons. The fraction of sp³-hybridized carbons (Fsp3) is 0.333. The van der Waals surface area contributed by atoms with Gasteiger partial charge in [-0.25, -0.2) is 4.98 Å². The van der Waals surface area contributed by atoms with Gasteiger partial charge in [-0.1, -0.05) is 47.2 Å². The van der Waals surface area contributed by atoms with Crippen LogP contribution in [-0.4, -0.2) is 48.2 Å². The molecule has 0 spiro atoms. The maximum Gasteiger partial charge on any atom is 0.260 e. The average Bonchev–Trinajstić information content (AvgIpc) is 3.13. The lowest BCUT2D eigenvalue weighted by Gasteiger charge is -2.24. The van der Waals surface area contributed by atoms with Gasteiger partial charge >= 0.3 is 0 Å². The minimum atomic E-state index is 0. The Morgan fingerprint density at radius 1 is 1.14 bits per heavy atom. The lowest BCUT2D eigenvalue weighted by atomic mass is 10.2. The van der Waals surface area contributed by atoms with Crippen molar-refractivity contribution in [1.29, 1.82) is 0 Å². The molecule has 3 aromatic rings. The minimum Gasteiger partial charge on any atom is -0.302 e. The molecule has 1 heterocycles. The molecular weight excluding hydrogens is 490 g/mol. The van der Waals surface area contributed by atoms with Gasteiger partial charge in [-0.3, -0.25) is 9.69 Å². The van der Waals surface area contributed by atoms with Gasteiger partial charge in [0.05, 0.1) is 10.2 Å². The van der Waals surface area contributed by atoms with Crippen LogP contribution in [-0.2, 0) is 0 Å².